The molecule has 0 saturated carbocycles. The Hall–Kier alpha value is -0.980. The molecule has 1 aliphatic rings. The number of halogens is 1. The van der Waals surface area contributed by atoms with Crippen molar-refractivity contribution in [1.29, 1.82) is 0 Å². The summed E-state index contributed by atoms with van der Waals surface area (Å²) >= 11 is 0. The van der Waals surface area contributed by atoms with Gasteiger partial charge in [0.15, 0.2) is 0 Å². The first-order valence-electron chi connectivity index (χ1n) is 7.39. The molecule has 0 amide bonds. The van der Waals surface area contributed by atoms with Crippen LogP contribution in [0.1, 0.15) is 43.7 Å². The van der Waals surface area contributed by atoms with Gasteiger partial charge in [0.2, 0.25) is 10.0 Å². The lowest BCUT2D eigenvalue weighted by Gasteiger charge is -2.26. The lowest BCUT2D eigenvalue weighted by Crippen LogP contribution is -2.38. The van der Waals surface area contributed by atoms with Crippen molar-refractivity contribution < 1.29 is 12.8 Å². The molecule has 1 saturated heterocycles. The Bertz CT molecular complexity index is 616. The zero-order chi connectivity index (χ0) is 15.6. The Balaban J connectivity index is 2.45. The zero-order valence-electron chi connectivity index (χ0n) is 12.6. The number of nitrogens with two attached hydrogens (primary N) is 1. The van der Waals surface area contributed by atoms with E-state index in [4.69, 9.17) is 5.73 Å². The van der Waals surface area contributed by atoms with Crippen LogP contribution in [0, 0.1) is 12.7 Å². The van der Waals surface area contributed by atoms with Gasteiger partial charge in [0.25, 0.3) is 0 Å². The molecule has 1 atom stereocenters. The summed E-state index contributed by atoms with van der Waals surface area (Å²) in [6, 6.07) is 2.75. The Labute approximate surface area is 126 Å². The number of benzene rings is 1. The predicted octanol–water partition coefficient (Wildman–Crippen LogP) is 2.55. The molecule has 1 unspecified atom stereocenters. The first kappa shape index (κ1) is 16.4. The van der Waals surface area contributed by atoms with Crippen molar-refractivity contribution in [2.24, 2.45) is 5.73 Å². The maximum absolute atomic E-state index is 13.9. The number of hydrogen-bond donors (Lipinski definition) is 1. The molecule has 0 spiro atoms. The molecule has 0 radical (unpaired) electrons. The van der Waals surface area contributed by atoms with Crippen molar-refractivity contribution in [3.05, 3.63) is 29.1 Å². The van der Waals surface area contributed by atoms with Gasteiger partial charge in [-0.1, -0.05) is 12.8 Å². The maximum atomic E-state index is 13.9. The largest absolute Gasteiger partial charge is 0.326 e. The van der Waals surface area contributed by atoms with E-state index < -0.39 is 15.8 Å². The van der Waals surface area contributed by atoms with Gasteiger partial charge in [-0.15, -0.1) is 0 Å². The van der Waals surface area contributed by atoms with Crippen molar-refractivity contribution in [2.75, 3.05) is 6.54 Å². The molecule has 4 nitrogen and oxygen atoms in total. The third kappa shape index (κ3) is 3.27. The van der Waals surface area contributed by atoms with Gasteiger partial charge < -0.3 is 5.73 Å². The summed E-state index contributed by atoms with van der Waals surface area (Å²) in [4.78, 5) is 0.149. The minimum Gasteiger partial charge on any atom is -0.326 e. The number of rotatable bonds is 3. The second kappa shape index (κ2) is 6.42. The van der Waals surface area contributed by atoms with Gasteiger partial charge in [0, 0.05) is 24.7 Å². The Morgan fingerprint density at radius 1 is 1.33 bits per heavy atom. The summed E-state index contributed by atoms with van der Waals surface area (Å²) in [5.41, 5.74) is 6.08. The molecule has 0 bridgehead atoms. The SMILES string of the molecule is Cc1cc(S(=O)(=O)N2CCCCCC2C)cc(CN)c1F. The van der Waals surface area contributed by atoms with E-state index >= 15 is 0 Å². The number of nitrogens with zero attached hydrogens (tertiary/aromatic N) is 1. The minimum atomic E-state index is -3.60. The van der Waals surface area contributed by atoms with Crippen molar-refractivity contribution in [1.82, 2.24) is 4.31 Å². The topological polar surface area (TPSA) is 63.4 Å². The molecule has 1 fully saturated rings. The van der Waals surface area contributed by atoms with Crippen molar-refractivity contribution in [3.63, 3.8) is 0 Å². The minimum absolute atomic E-state index is 0.00835. The van der Waals surface area contributed by atoms with E-state index in [9.17, 15) is 12.8 Å². The summed E-state index contributed by atoms with van der Waals surface area (Å²) in [5, 5.41) is 0. The lowest BCUT2D eigenvalue weighted by atomic mass is 10.1. The molecular weight excluding hydrogens is 291 g/mol. The van der Waals surface area contributed by atoms with E-state index in [1.807, 2.05) is 6.92 Å². The van der Waals surface area contributed by atoms with Gasteiger partial charge in [-0.25, -0.2) is 12.8 Å². The van der Waals surface area contributed by atoms with Gasteiger partial charge in [-0.3, -0.25) is 0 Å². The molecule has 1 aliphatic heterocycles. The second-order valence-corrected chi connectivity index (χ2v) is 7.62. The molecule has 2 rings (SSSR count). The molecule has 1 aromatic carbocycles. The fourth-order valence-corrected chi connectivity index (χ4v) is 4.68. The van der Waals surface area contributed by atoms with Gasteiger partial charge in [-0.05, 0) is 44.4 Å². The third-order valence-corrected chi connectivity index (χ3v) is 6.11. The maximum Gasteiger partial charge on any atom is 0.243 e. The number of hydrogen-bond acceptors (Lipinski definition) is 3. The van der Waals surface area contributed by atoms with Crippen LogP contribution in [0.4, 0.5) is 4.39 Å². The van der Waals surface area contributed by atoms with Crippen molar-refractivity contribution >= 4 is 10.0 Å². The average molecular weight is 314 g/mol. The number of aryl methyl sites for hydroxylation is 1. The van der Waals surface area contributed by atoms with E-state index in [2.05, 4.69) is 0 Å². The molecule has 2 N–H and O–H groups in total. The molecular formula is C15H23FN2O2S. The quantitative estimate of drug-likeness (QED) is 0.932. The normalized spacial score (nSPS) is 21.2. The van der Waals surface area contributed by atoms with Crippen LogP contribution in [0.15, 0.2) is 17.0 Å². The highest BCUT2D eigenvalue weighted by Crippen LogP contribution is 2.27. The first-order valence-corrected chi connectivity index (χ1v) is 8.83. The molecule has 1 aromatic rings. The van der Waals surface area contributed by atoms with Crippen LogP contribution >= 0.6 is 0 Å². The van der Waals surface area contributed by atoms with E-state index in [0.29, 0.717) is 12.1 Å². The van der Waals surface area contributed by atoms with E-state index in [1.165, 1.54) is 12.1 Å². The smallest absolute Gasteiger partial charge is 0.243 e. The first-order chi connectivity index (χ1) is 9.87. The monoisotopic (exact) mass is 314 g/mol. The van der Waals surface area contributed by atoms with Crippen LogP contribution in [0.25, 0.3) is 0 Å². The summed E-state index contributed by atoms with van der Waals surface area (Å²) in [5.74, 6) is -0.416. The third-order valence-electron chi connectivity index (χ3n) is 4.12. The molecule has 6 heteroatoms. The average Bonchev–Trinajstić information content (AvgIpc) is 2.66. The van der Waals surface area contributed by atoms with E-state index in [1.54, 1.807) is 11.2 Å². The zero-order valence-corrected chi connectivity index (χ0v) is 13.4. The Morgan fingerprint density at radius 2 is 2.05 bits per heavy atom. The highest BCUT2D eigenvalue weighted by Gasteiger charge is 2.30. The Kier molecular flexibility index (Phi) is 5.01. The van der Waals surface area contributed by atoms with Crippen molar-refractivity contribution in [2.45, 2.75) is 57.0 Å². The molecule has 0 aromatic heterocycles. The van der Waals surface area contributed by atoms with E-state index in [-0.39, 0.29) is 23.0 Å². The van der Waals surface area contributed by atoms with Crippen LogP contribution in [0.3, 0.4) is 0 Å². The summed E-state index contributed by atoms with van der Waals surface area (Å²) < 4.78 is 41.1. The van der Waals surface area contributed by atoms with Gasteiger partial charge >= 0.3 is 0 Å². The number of sulfonamides is 1. The van der Waals surface area contributed by atoms with Crippen LogP contribution in [0.2, 0.25) is 0 Å². The summed E-state index contributed by atoms with van der Waals surface area (Å²) in [7, 11) is -3.60. The predicted molar refractivity (Wildman–Crippen MR) is 80.9 cm³/mol. The lowest BCUT2D eigenvalue weighted by molar-refractivity contribution is 0.342. The van der Waals surface area contributed by atoms with Gasteiger partial charge in [0.1, 0.15) is 5.82 Å². The van der Waals surface area contributed by atoms with Crippen molar-refractivity contribution in [3.8, 4) is 0 Å². The van der Waals surface area contributed by atoms with E-state index in [0.717, 1.165) is 25.7 Å². The molecule has 21 heavy (non-hydrogen) atoms. The standard InChI is InChI=1S/C15H23FN2O2S/c1-11-8-14(9-13(10-17)15(11)16)21(19,20)18-7-5-3-4-6-12(18)2/h8-9,12H,3-7,10,17H2,1-2H3. The van der Waals surface area contributed by atoms with Crippen LogP contribution < -0.4 is 5.73 Å². The molecule has 0 aliphatic carbocycles. The van der Waals surface area contributed by atoms with Gasteiger partial charge in [-0.2, -0.15) is 4.31 Å². The molecule has 118 valence electrons. The highest BCUT2D eigenvalue weighted by atomic mass is 32.2. The summed E-state index contributed by atoms with van der Waals surface area (Å²) in [6.07, 6.45) is 3.83. The fourth-order valence-electron chi connectivity index (χ4n) is 2.85. The molecule has 1 heterocycles. The Morgan fingerprint density at radius 3 is 2.71 bits per heavy atom. The summed E-state index contributed by atoms with van der Waals surface area (Å²) in [6.45, 7) is 4.02. The highest BCUT2D eigenvalue weighted by molar-refractivity contribution is 7.89. The van der Waals surface area contributed by atoms with Crippen LogP contribution in [-0.2, 0) is 16.6 Å². The van der Waals surface area contributed by atoms with Crippen LogP contribution in [0.5, 0.6) is 0 Å². The second-order valence-electron chi connectivity index (χ2n) is 5.73. The fraction of sp³-hybridized carbons (Fsp3) is 0.600. The van der Waals surface area contributed by atoms with Gasteiger partial charge in [0.05, 0.1) is 4.90 Å². The van der Waals surface area contributed by atoms with Crippen LogP contribution in [-0.4, -0.2) is 25.3 Å².